The summed E-state index contributed by atoms with van der Waals surface area (Å²) in [4.78, 5) is 15.4. The minimum absolute atomic E-state index is 0.193. The molecule has 7 heteroatoms. The maximum absolute atomic E-state index is 12.2. The molecular formula is C9H9F2NO3S. The van der Waals surface area contributed by atoms with Crippen LogP contribution in [0.4, 0.5) is 8.78 Å². The van der Waals surface area contributed by atoms with Crippen LogP contribution in [0.3, 0.4) is 0 Å². The molecule has 1 aliphatic heterocycles. The molecule has 0 N–H and O–H groups in total. The van der Waals surface area contributed by atoms with Crippen LogP contribution in [0.15, 0.2) is 0 Å². The van der Waals surface area contributed by atoms with Crippen LogP contribution in [0.2, 0.25) is 0 Å². The number of hydrogen-bond donors (Lipinski definition) is 0. The van der Waals surface area contributed by atoms with Crippen molar-refractivity contribution >= 4 is 17.1 Å². The average Bonchev–Trinajstić information content (AvgIpc) is 2.84. The zero-order valence-corrected chi connectivity index (χ0v) is 9.22. The van der Waals surface area contributed by atoms with E-state index < -0.39 is 18.5 Å². The Labute approximate surface area is 94.2 Å². The molecule has 0 aliphatic carbocycles. The highest BCUT2D eigenvalue weighted by molar-refractivity contribution is 7.13. The van der Waals surface area contributed by atoms with Crippen molar-refractivity contribution in [1.82, 2.24) is 4.98 Å². The van der Waals surface area contributed by atoms with E-state index in [4.69, 9.17) is 9.47 Å². The fraction of sp³-hybridized carbons (Fsp3) is 0.556. The molecule has 0 atom stereocenters. The molecule has 1 aromatic heterocycles. The number of ether oxygens (including phenoxy) is 2. The second-order valence-electron chi connectivity index (χ2n) is 3.21. The van der Waals surface area contributed by atoms with Crippen LogP contribution in [0.1, 0.15) is 26.7 Å². The Morgan fingerprint density at radius 2 is 2.12 bits per heavy atom. The standard InChI is InChI=1S/C9H9F2NO3S/c1-4-6(9-14-2-3-15-9)16-8(12-4)5(13)7(10)11/h7,9H,2-3H2,1H3. The minimum atomic E-state index is -3.02. The molecule has 0 unspecified atom stereocenters. The summed E-state index contributed by atoms with van der Waals surface area (Å²) < 4.78 is 34.8. The van der Waals surface area contributed by atoms with Crippen LogP contribution in [0.5, 0.6) is 0 Å². The summed E-state index contributed by atoms with van der Waals surface area (Å²) in [5.41, 5.74) is 0.501. The predicted molar refractivity (Wildman–Crippen MR) is 51.8 cm³/mol. The Morgan fingerprint density at radius 1 is 1.50 bits per heavy atom. The fourth-order valence-corrected chi connectivity index (χ4v) is 2.34. The first-order valence-corrected chi connectivity index (χ1v) is 5.44. The molecule has 16 heavy (non-hydrogen) atoms. The lowest BCUT2D eigenvalue weighted by atomic mass is 10.4. The predicted octanol–water partition coefficient (Wildman–Crippen LogP) is 1.94. The number of halogens is 2. The van der Waals surface area contributed by atoms with Gasteiger partial charge >= 0.3 is 6.43 Å². The Balaban J connectivity index is 2.24. The van der Waals surface area contributed by atoms with Gasteiger partial charge in [-0.2, -0.15) is 0 Å². The van der Waals surface area contributed by atoms with Gasteiger partial charge in [0.2, 0.25) is 0 Å². The van der Waals surface area contributed by atoms with E-state index in [1.165, 1.54) is 0 Å². The van der Waals surface area contributed by atoms with Gasteiger partial charge in [0.05, 0.1) is 23.8 Å². The van der Waals surface area contributed by atoms with Gasteiger partial charge in [0, 0.05) is 0 Å². The van der Waals surface area contributed by atoms with Crippen LogP contribution in [-0.4, -0.2) is 30.4 Å². The fourth-order valence-electron chi connectivity index (χ4n) is 1.34. The van der Waals surface area contributed by atoms with Crippen LogP contribution < -0.4 is 0 Å². The normalized spacial score (nSPS) is 17.2. The monoisotopic (exact) mass is 249 g/mol. The highest BCUT2D eigenvalue weighted by atomic mass is 32.1. The van der Waals surface area contributed by atoms with Crippen molar-refractivity contribution < 1.29 is 23.0 Å². The molecule has 0 spiro atoms. The summed E-state index contributed by atoms with van der Waals surface area (Å²) in [5.74, 6) is -1.25. The van der Waals surface area contributed by atoms with Crippen molar-refractivity contribution in [2.24, 2.45) is 0 Å². The van der Waals surface area contributed by atoms with Gasteiger partial charge in [0.1, 0.15) is 0 Å². The van der Waals surface area contributed by atoms with Crippen molar-refractivity contribution in [3.05, 3.63) is 15.6 Å². The van der Waals surface area contributed by atoms with E-state index >= 15 is 0 Å². The first-order chi connectivity index (χ1) is 7.59. The van der Waals surface area contributed by atoms with Crippen molar-refractivity contribution in [1.29, 1.82) is 0 Å². The van der Waals surface area contributed by atoms with Gasteiger partial charge in [0.25, 0.3) is 5.78 Å². The SMILES string of the molecule is Cc1nc(C(=O)C(F)F)sc1C1OCCO1. The lowest BCUT2D eigenvalue weighted by Crippen LogP contribution is -2.09. The third kappa shape index (κ3) is 2.11. The molecule has 2 heterocycles. The first-order valence-electron chi connectivity index (χ1n) is 4.62. The molecule has 1 fully saturated rings. The number of Topliss-reactive ketones (excluding diaryl/α,β-unsaturated/α-hetero) is 1. The number of rotatable bonds is 3. The summed E-state index contributed by atoms with van der Waals surface area (Å²) in [6.07, 6.45) is -3.60. The molecular weight excluding hydrogens is 240 g/mol. The molecule has 4 nitrogen and oxygen atoms in total. The van der Waals surface area contributed by atoms with Crippen LogP contribution >= 0.6 is 11.3 Å². The van der Waals surface area contributed by atoms with Gasteiger partial charge in [-0.1, -0.05) is 0 Å². The van der Waals surface area contributed by atoms with E-state index in [9.17, 15) is 13.6 Å². The van der Waals surface area contributed by atoms with Crippen molar-refractivity contribution in [2.45, 2.75) is 19.6 Å². The lowest BCUT2D eigenvalue weighted by molar-refractivity contribution is -0.0418. The smallest absolute Gasteiger partial charge is 0.303 e. The topological polar surface area (TPSA) is 48.4 Å². The van der Waals surface area contributed by atoms with E-state index in [0.29, 0.717) is 23.8 Å². The largest absolute Gasteiger partial charge is 0.345 e. The summed E-state index contributed by atoms with van der Waals surface area (Å²) in [5, 5.41) is -0.193. The quantitative estimate of drug-likeness (QED) is 0.768. The Morgan fingerprint density at radius 3 is 2.69 bits per heavy atom. The van der Waals surface area contributed by atoms with Crippen molar-refractivity contribution in [3.63, 3.8) is 0 Å². The molecule has 1 aromatic rings. The number of hydrogen-bond acceptors (Lipinski definition) is 5. The van der Waals surface area contributed by atoms with Gasteiger partial charge in [-0.15, -0.1) is 11.3 Å². The summed E-state index contributed by atoms with van der Waals surface area (Å²) in [6.45, 7) is 2.55. The highest BCUT2D eigenvalue weighted by Crippen LogP contribution is 2.31. The molecule has 2 rings (SSSR count). The van der Waals surface area contributed by atoms with Crippen LogP contribution in [-0.2, 0) is 9.47 Å². The van der Waals surface area contributed by atoms with E-state index in [-0.39, 0.29) is 5.01 Å². The number of alkyl halides is 2. The highest BCUT2D eigenvalue weighted by Gasteiger charge is 2.28. The molecule has 0 saturated carbocycles. The minimum Gasteiger partial charge on any atom is -0.345 e. The van der Waals surface area contributed by atoms with E-state index in [1.807, 2.05) is 0 Å². The number of carbonyl (C=O) groups excluding carboxylic acids is 1. The van der Waals surface area contributed by atoms with Gasteiger partial charge in [-0.3, -0.25) is 4.79 Å². The van der Waals surface area contributed by atoms with Crippen LogP contribution in [0.25, 0.3) is 0 Å². The molecule has 1 aliphatic rings. The van der Waals surface area contributed by atoms with Gasteiger partial charge < -0.3 is 9.47 Å². The third-order valence-corrected chi connectivity index (χ3v) is 3.27. The van der Waals surface area contributed by atoms with Gasteiger partial charge in [-0.25, -0.2) is 13.8 Å². The van der Waals surface area contributed by atoms with Crippen molar-refractivity contribution in [2.75, 3.05) is 13.2 Å². The maximum atomic E-state index is 12.2. The zero-order valence-electron chi connectivity index (χ0n) is 8.41. The average molecular weight is 249 g/mol. The Bertz CT molecular complexity index is 401. The molecule has 0 radical (unpaired) electrons. The Kier molecular flexibility index (Phi) is 3.27. The number of nitrogens with zero attached hydrogens (tertiary/aromatic N) is 1. The maximum Gasteiger partial charge on any atom is 0.303 e. The van der Waals surface area contributed by atoms with Gasteiger partial charge in [-0.05, 0) is 6.92 Å². The molecule has 0 amide bonds. The summed E-state index contributed by atoms with van der Waals surface area (Å²) >= 11 is 0.903. The number of ketones is 1. The lowest BCUT2D eigenvalue weighted by Gasteiger charge is -2.05. The van der Waals surface area contributed by atoms with E-state index in [1.54, 1.807) is 6.92 Å². The molecule has 1 saturated heterocycles. The number of aromatic nitrogens is 1. The third-order valence-electron chi connectivity index (χ3n) is 2.08. The Hall–Kier alpha value is -0.920. The number of carbonyl (C=O) groups is 1. The molecule has 0 bridgehead atoms. The van der Waals surface area contributed by atoms with E-state index in [2.05, 4.69) is 4.98 Å². The second kappa shape index (κ2) is 4.52. The summed E-state index contributed by atoms with van der Waals surface area (Å²) in [7, 11) is 0. The van der Waals surface area contributed by atoms with Gasteiger partial charge in [0.15, 0.2) is 11.3 Å². The molecule has 88 valence electrons. The number of aryl methyl sites for hydroxylation is 1. The summed E-state index contributed by atoms with van der Waals surface area (Å²) in [6, 6.07) is 0. The van der Waals surface area contributed by atoms with Crippen LogP contribution in [0, 0.1) is 6.92 Å². The zero-order chi connectivity index (χ0) is 11.7. The first kappa shape index (κ1) is 11.6. The van der Waals surface area contributed by atoms with Crippen molar-refractivity contribution in [3.8, 4) is 0 Å². The van der Waals surface area contributed by atoms with E-state index in [0.717, 1.165) is 11.3 Å². The number of thiazole rings is 1. The second-order valence-corrected chi connectivity index (χ2v) is 4.24. The molecule has 0 aromatic carbocycles.